The third kappa shape index (κ3) is 1.47. The lowest BCUT2D eigenvalue weighted by atomic mass is 9.88. The van der Waals surface area contributed by atoms with Gasteiger partial charge in [-0.1, -0.05) is 24.3 Å². The van der Waals surface area contributed by atoms with Gasteiger partial charge in [0.1, 0.15) is 6.73 Å². The van der Waals surface area contributed by atoms with E-state index < -0.39 is 0 Å². The fourth-order valence-corrected chi connectivity index (χ4v) is 3.54. The summed E-state index contributed by atoms with van der Waals surface area (Å²) >= 11 is 0. The molecule has 0 bridgehead atoms. The van der Waals surface area contributed by atoms with Crippen LogP contribution in [-0.4, -0.2) is 9.67 Å². The van der Waals surface area contributed by atoms with Crippen LogP contribution in [0.3, 0.4) is 0 Å². The van der Waals surface area contributed by atoms with Crippen molar-refractivity contribution in [1.82, 2.24) is 4.57 Å². The van der Waals surface area contributed by atoms with Gasteiger partial charge < -0.3 is 9.67 Å². The van der Waals surface area contributed by atoms with Gasteiger partial charge in [-0.15, -0.1) is 0 Å². The number of benzene rings is 2. The van der Waals surface area contributed by atoms with Gasteiger partial charge in [0.15, 0.2) is 0 Å². The number of aliphatic hydroxyl groups excluding tert-OH is 1. The molecule has 0 saturated carbocycles. The van der Waals surface area contributed by atoms with Crippen molar-refractivity contribution < 1.29 is 5.11 Å². The second kappa shape index (κ2) is 4.10. The van der Waals surface area contributed by atoms with Crippen LogP contribution in [0.15, 0.2) is 36.4 Å². The van der Waals surface area contributed by atoms with E-state index in [0.717, 1.165) is 5.52 Å². The molecule has 1 N–H and O–H groups in total. The van der Waals surface area contributed by atoms with E-state index in [1.165, 1.54) is 53.1 Å². The fraction of sp³-hybridized carbons (Fsp3) is 0.294. The Kier molecular flexibility index (Phi) is 2.39. The van der Waals surface area contributed by atoms with E-state index in [1.807, 2.05) is 10.6 Å². The fourth-order valence-electron chi connectivity index (χ4n) is 3.54. The summed E-state index contributed by atoms with van der Waals surface area (Å²) in [5.41, 5.74) is 5.31. The zero-order valence-corrected chi connectivity index (χ0v) is 10.9. The summed E-state index contributed by atoms with van der Waals surface area (Å²) in [6.07, 6.45) is 4.96. The van der Waals surface area contributed by atoms with E-state index in [4.69, 9.17) is 0 Å². The van der Waals surface area contributed by atoms with Crippen molar-refractivity contribution in [1.29, 1.82) is 0 Å². The highest BCUT2D eigenvalue weighted by atomic mass is 16.3. The molecule has 0 radical (unpaired) electrons. The van der Waals surface area contributed by atoms with Crippen LogP contribution in [0.2, 0.25) is 0 Å². The lowest BCUT2D eigenvalue weighted by Gasteiger charge is -2.17. The topological polar surface area (TPSA) is 25.2 Å². The summed E-state index contributed by atoms with van der Waals surface area (Å²) < 4.78 is 2.01. The van der Waals surface area contributed by atoms with Crippen LogP contribution in [0.5, 0.6) is 0 Å². The lowest BCUT2D eigenvalue weighted by molar-refractivity contribution is 0.220. The number of hydrogen-bond donors (Lipinski definition) is 1. The number of aryl methyl sites for hydroxylation is 2. The molecular weight excluding hydrogens is 234 g/mol. The number of nitrogens with zero attached hydrogens (tertiary/aromatic N) is 1. The average molecular weight is 251 g/mol. The summed E-state index contributed by atoms with van der Waals surface area (Å²) in [4.78, 5) is 0. The maximum Gasteiger partial charge on any atom is 0.120 e. The van der Waals surface area contributed by atoms with Gasteiger partial charge in [-0.05, 0) is 48.9 Å². The van der Waals surface area contributed by atoms with Crippen molar-refractivity contribution in [2.75, 3.05) is 0 Å². The molecule has 2 heteroatoms. The highest BCUT2D eigenvalue weighted by Gasteiger charge is 2.17. The molecule has 0 unspecified atom stereocenters. The number of fused-ring (bicyclic) bond motifs is 5. The van der Waals surface area contributed by atoms with Gasteiger partial charge in [0.2, 0.25) is 0 Å². The Bertz CT molecular complexity index is 770. The molecule has 2 nitrogen and oxygen atoms in total. The molecule has 96 valence electrons. The van der Waals surface area contributed by atoms with Gasteiger partial charge in [0.25, 0.3) is 0 Å². The molecule has 1 heterocycles. The maximum atomic E-state index is 9.69. The van der Waals surface area contributed by atoms with Gasteiger partial charge in [0.05, 0.1) is 11.0 Å². The van der Waals surface area contributed by atoms with Crippen molar-refractivity contribution in [2.45, 2.75) is 32.4 Å². The zero-order chi connectivity index (χ0) is 12.8. The number of aromatic nitrogens is 1. The first-order valence-electron chi connectivity index (χ1n) is 7.02. The summed E-state index contributed by atoms with van der Waals surface area (Å²) in [7, 11) is 0. The molecular formula is C17H17NO. The first-order valence-corrected chi connectivity index (χ1v) is 7.02. The summed E-state index contributed by atoms with van der Waals surface area (Å²) in [5.74, 6) is 0. The van der Waals surface area contributed by atoms with E-state index >= 15 is 0 Å². The molecule has 1 aliphatic carbocycles. The molecule has 4 rings (SSSR count). The summed E-state index contributed by atoms with van der Waals surface area (Å²) in [6.45, 7) is 0.0444. The van der Waals surface area contributed by atoms with Crippen molar-refractivity contribution in [3.63, 3.8) is 0 Å². The Morgan fingerprint density at radius 1 is 0.947 bits per heavy atom. The lowest BCUT2D eigenvalue weighted by Crippen LogP contribution is -2.03. The first kappa shape index (κ1) is 11.1. The largest absolute Gasteiger partial charge is 0.376 e. The van der Waals surface area contributed by atoms with E-state index in [-0.39, 0.29) is 6.73 Å². The molecule has 0 fully saturated rings. The minimum atomic E-state index is 0.0444. The van der Waals surface area contributed by atoms with Crippen molar-refractivity contribution in [2.24, 2.45) is 0 Å². The smallest absolute Gasteiger partial charge is 0.120 e. The Hall–Kier alpha value is -1.80. The van der Waals surface area contributed by atoms with Crippen LogP contribution in [-0.2, 0) is 19.6 Å². The van der Waals surface area contributed by atoms with Gasteiger partial charge in [-0.2, -0.15) is 0 Å². The third-order valence-electron chi connectivity index (χ3n) is 4.41. The molecule has 0 amide bonds. The van der Waals surface area contributed by atoms with Crippen LogP contribution < -0.4 is 0 Å². The Morgan fingerprint density at radius 2 is 1.79 bits per heavy atom. The Labute approximate surface area is 112 Å². The van der Waals surface area contributed by atoms with Crippen molar-refractivity contribution >= 4 is 21.8 Å². The molecule has 0 aliphatic heterocycles. The van der Waals surface area contributed by atoms with Gasteiger partial charge in [0, 0.05) is 10.8 Å². The van der Waals surface area contributed by atoms with Gasteiger partial charge in [-0.3, -0.25) is 0 Å². The third-order valence-corrected chi connectivity index (χ3v) is 4.41. The van der Waals surface area contributed by atoms with Gasteiger partial charge in [-0.25, -0.2) is 0 Å². The molecule has 1 aromatic heterocycles. The minimum absolute atomic E-state index is 0.0444. The number of hydrogen-bond acceptors (Lipinski definition) is 1. The molecule has 1 aliphatic rings. The quantitative estimate of drug-likeness (QED) is 0.702. The standard InChI is InChI=1S/C17H17NO/c19-11-18-15-8-4-3-7-14(15)17-13-6-2-1-5-12(13)9-10-16(17)18/h3-4,7-10,19H,1-2,5-6,11H2. The maximum absolute atomic E-state index is 9.69. The molecule has 2 aromatic carbocycles. The number of aliphatic hydroxyl groups is 1. The highest BCUT2D eigenvalue weighted by Crippen LogP contribution is 2.36. The van der Waals surface area contributed by atoms with Crippen molar-refractivity contribution in [3.05, 3.63) is 47.5 Å². The molecule has 19 heavy (non-hydrogen) atoms. The average Bonchev–Trinajstić information content (AvgIpc) is 2.81. The number of para-hydroxylation sites is 1. The summed E-state index contributed by atoms with van der Waals surface area (Å²) in [6, 6.07) is 12.8. The first-order chi connectivity index (χ1) is 9.40. The molecule has 0 atom stereocenters. The Balaban J connectivity index is 2.22. The van der Waals surface area contributed by atoms with Gasteiger partial charge >= 0.3 is 0 Å². The van der Waals surface area contributed by atoms with E-state index in [1.54, 1.807) is 0 Å². The Morgan fingerprint density at radius 3 is 2.68 bits per heavy atom. The number of rotatable bonds is 1. The second-order valence-corrected chi connectivity index (χ2v) is 5.39. The van der Waals surface area contributed by atoms with Crippen molar-refractivity contribution in [3.8, 4) is 0 Å². The minimum Gasteiger partial charge on any atom is -0.376 e. The molecule has 0 spiro atoms. The molecule has 0 saturated heterocycles. The normalized spacial score (nSPS) is 15.0. The van der Waals surface area contributed by atoms with Crippen LogP contribution >= 0.6 is 0 Å². The predicted octanol–water partition coefficient (Wildman–Crippen LogP) is 3.62. The van der Waals surface area contributed by atoms with E-state index in [9.17, 15) is 5.11 Å². The van der Waals surface area contributed by atoms with Crippen LogP contribution in [0.25, 0.3) is 21.8 Å². The summed E-state index contributed by atoms with van der Waals surface area (Å²) in [5, 5.41) is 12.3. The van der Waals surface area contributed by atoms with Crippen LogP contribution in [0.4, 0.5) is 0 Å². The van der Waals surface area contributed by atoms with E-state index in [0.29, 0.717) is 0 Å². The zero-order valence-electron chi connectivity index (χ0n) is 10.9. The second-order valence-electron chi connectivity index (χ2n) is 5.39. The van der Waals surface area contributed by atoms with Crippen LogP contribution in [0.1, 0.15) is 24.0 Å². The van der Waals surface area contributed by atoms with Crippen LogP contribution in [0, 0.1) is 0 Å². The van der Waals surface area contributed by atoms with E-state index in [2.05, 4.69) is 30.3 Å². The SMILES string of the molecule is OCn1c2ccccc2c2c3c(ccc21)CCCC3. The molecule has 3 aromatic rings. The monoisotopic (exact) mass is 251 g/mol. The highest BCUT2D eigenvalue weighted by molar-refractivity contribution is 6.10. The predicted molar refractivity (Wildman–Crippen MR) is 78.3 cm³/mol.